The van der Waals surface area contributed by atoms with E-state index >= 15 is 0 Å². The highest BCUT2D eigenvalue weighted by Crippen LogP contribution is 2.43. The number of aliphatic hydroxyl groups excluding tert-OH is 1. The lowest BCUT2D eigenvalue weighted by molar-refractivity contribution is 0.264. The Morgan fingerprint density at radius 2 is 1.17 bits per heavy atom. The SMILES string of the molecule is CN1C(=N[C@H](CO)Cc2ccccc2)N(C)[C@H](c2ccccc2)[C@H]1c1ccccc1. The van der Waals surface area contributed by atoms with Gasteiger partial charge in [0.2, 0.25) is 0 Å². The Morgan fingerprint density at radius 1 is 0.733 bits per heavy atom. The normalized spacial score (nSPS) is 19.8. The van der Waals surface area contributed by atoms with E-state index in [1.165, 1.54) is 16.7 Å². The molecule has 0 radical (unpaired) electrons. The molecule has 0 bridgehead atoms. The first-order valence-electron chi connectivity index (χ1n) is 10.5. The van der Waals surface area contributed by atoms with Gasteiger partial charge in [0.05, 0.1) is 24.7 Å². The number of aliphatic imine (C=N–C) groups is 1. The zero-order valence-electron chi connectivity index (χ0n) is 17.6. The van der Waals surface area contributed by atoms with Crippen molar-refractivity contribution < 1.29 is 5.11 Å². The fraction of sp³-hybridized carbons (Fsp3) is 0.269. The minimum atomic E-state index is -0.182. The lowest BCUT2D eigenvalue weighted by Gasteiger charge is -2.26. The molecule has 1 aliphatic heterocycles. The highest BCUT2D eigenvalue weighted by Gasteiger charge is 2.42. The average Bonchev–Trinajstić information content (AvgIpc) is 3.05. The number of rotatable bonds is 6. The van der Waals surface area contributed by atoms with E-state index < -0.39 is 0 Å². The molecule has 4 nitrogen and oxygen atoms in total. The minimum absolute atomic E-state index is 0.0199. The van der Waals surface area contributed by atoms with Crippen molar-refractivity contribution in [2.45, 2.75) is 24.5 Å². The van der Waals surface area contributed by atoms with Crippen molar-refractivity contribution in [3.8, 4) is 0 Å². The van der Waals surface area contributed by atoms with Crippen LogP contribution in [-0.4, -0.2) is 47.6 Å². The molecule has 4 heteroatoms. The molecule has 0 aromatic heterocycles. The predicted molar refractivity (Wildman–Crippen MR) is 122 cm³/mol. The number of guanidine groups is 1. The summed E-state index contributed by atoms with van der Waals surface area (Å²) in [6.07, 6.45) is 0.717. The predicted octanol–water partition coefficient (Wildman–Crippen LogP) is 4.31. The van der Waals surface area contributed by atoms with Crippen molar-refractivity contribution in [1.82, 2.24) is 9.80 Å². The number of aliphatic hydroxyl groups is 1. The largest absolute Gasteiger partial charge is 0.394 e. The lowest BCUT2D eigenvalue weighted by Crippen LogP contribution is -2.32. The van der Waals surface area contributed by atoms with Crippen LogP contribution in [0.3, 0.4) is 0 Å². The molecule has 0 saturated carbocycles. The van der Waals surface area contributed by atoms with Crippen LogP contribution in [0.4, 0.5) is 0 Å². The summed E-state index contributed by atoms with van der Waals surface area (Å²) in [7, 11) is 4.21. The molecule has 0 unspecified atom stereocenters. The third kappa shape index (κ3) is 4.10. The van der Waals surface area contributed by atoms with Crippen molar-refractivity contribution in [2.75, 3.05) is 20.7 Å². The van der Waals surface area contributed by atoms with Crippen LogP contribution in [0.5, 0.6) is 0 Å². The van der Waals surface area contributed by atoms with E-state index in [0.717, 1.165) is 5.96 Å². The van der Waals surface area contributed by atoms with Gasteiger partial charge in [-0.1, -0.05) is 91.0 Å². The molecule has 1 heterocycles. The van der Waals surface area contributed by atoms with Gasteiger partial charge in [-0.25, -0.2) is 4.99 Å². The molecule has 3 aromatic carbocycles. The minimum Gasteiger partial charge on any atom is -0.394 e. The fourth-order valence-corrected chi connectivity index (χ4v) is 4.42. The van der Waals surface area contributed by atoms with E-state index in [9.17, 15) is 5.11 Å². The van der Waals surface area contributed by atoms with E-state index in [1.54, 1.807) is 0 Å². The van der Waals surface area contributed by atoms with Gasteiger partial charge in [0.25, 0.3) is 0 Å². The molecule has 30 heavy (non-hydrogen) atoms. The Balaban J connectivity index is 1.70. The molecule has 1 saturated heterocycles. The summed E-state index contributed by atoms with van der Waals surface area (Å²) < 4.78 is 0. The zero-order valence-corrected chi connectivity index (χ0v) is 17.6. The first-order chi connectivity index (χ1) is 14.7. The summed E-state index contributed by atoms with van der Waals surface area (Å²) in [5.74, 6) is 0.910. The molecule has 1 aliphatic rings. The summed E-state index contributed by atoms with van der Waals surface area (Å²) >= 11 is 0. The lowest BCUT2D eigenvalue weighted by atomic mass is 9.93. The highest BCUT2D eigenvalue weighted by molar-refractivity contribution is 5.83. The van der Waals surface area contributed by atoms with Crippen molar-refractivity contribution in [1.29, 1.82) is 0 Å². The molecular weight excluding hydrogens is 370 g/mol. The number of likely N-dealkylation sites (N-methyl/N-ethyl adjacent to an activating group) is 2. The van der Waals surface area contributed by atoms with Gasteiger partial charge in [-0.05, 0) is 23.1 Å². The van der Waals surface area contributed by atoms with E-state index in [4.69, 9.17) is 4.99 Å². The quantitative estimate of drug-likeness (QED) is 0.671. The first kappa shape index (κ1) is 20.2. The summed E-state index contributed by atoms with van der Waals surface area (Å²) in [4.78, 5) is 9.52. The van der Waals surface area contributed by atoms with Crippen LogP contribution >= 0.6 is 0 Å². The Hall–Kier alpha value is -3.11. The number of hydrogen-bond acceptors (Lipinski definition) is 2. The van der Waals surface area contributed by atoms with Crippen molar-refractivity contribution >= 4 is 5.96 Å². The van der Waals surface area contributed by atoms with Crippen molar-refractivity contribution in [3.05, 3.63) is 108 Å². The Labute approximate surface area is 179 Å². The standard InChI is InChI=1S/C26H29N3O/c1-28-24(21-14-8-4-9-15-21)25(22-16-10-5-11-17-22)29(2)26(28)27-23(19-30)18-20-12-6-3-7-13-20/h3-17,23-25,30H,18-19H2,1-2H3/t23-,24+,25+/m0/s1. The maximum atomic E-state index is 10.0. The second kappa shape index (κ2) is 9.14. The van der Waals surface area contributed by atoms with E-state index in [0.29, 0.717) is 6.42 Å². The Bertz CT molecular complexity index is 906. The third-order valence-electron chi connectivity index (χ3n) is 5.87. The van der Waals surface area contributed by atoms with Crippen LogP contribution < -0.4 is 0 Å². The van der Waals surface area contributed by atoms with Gasteiger partial charge in [-0.2, -0.15) is 0 Å². The average molecular weight is 400 g/mol. The van der Waals surface area contributed by atoms with E-state index in [1.807, 2.05) is 18.2 Å². The van der Waals surface area contributed by atoms with Crippen LogP contribution in [0.25, 0.3) is 0 Å². The van der Waals surface area contributed by atoms with Crippen LogP contribution in [0.15, 0.2) is 96.0 Å². The van der Waals surface area contributed by atoms with Gasteiger partial charge in [0.1, 0.15) is 0 Å². The van der Waals surface area contributed by atoms with Crippen LogP contribution in [0, 0.1) is 0 Å². The van der Waals surface area contributed by atoms with Gasteiger partial charge in [0, 0.05) is 14.1 Å². The van der Waals surface area contributed by atoms with Gasteiger partial charge >= 0.3 is 0 Å². The summed E-state index contributed by atoms with van der Waals surface area (Å²) in [5.41, 5.74) is 3.70. The van der Waals surface area contributed by atoms with Gasteiger partial charge in [0.15, 0.2) is 5.96 Å². The Kier molecular flexibility index (Phi) is 6.15. The topological polar surface area (TPSA) is 39.1 Å². The molecule has 0 aliphatic carbocycles. The Morgan fingerprint density at radius 3 is 1.60 bits per heavy atom. The van der Waals surface area contributed by atoms with Gasteiger partial charge in [-0.3, -0.25) is 0 Å². The zero-order chi connectivity index (χ0) is 20.9. The van der Waals surface area contributed by atoms with Crippen molar-refractivity contribution in [2.24, 2.45) is 4.99 Å². The molecule has 0 spiro atoms. The van der Waals surface area contributed by atoms with Gasteiger partial charge in [-0.15, -0.1) is 0 Å². The second-order valence-electron chi connectivity index (χ2n) is 7.89. The second-order valence-corrected chi connectivity index (χ2v) is 7.89. The molecule has 154 valence electrons. The van der Waals surface area contributed by atoms with Crippen LogP contribution in [-0.2, 0) is 6.42 Å². The highest BCUT2D eigenvalue weighted by atomic mass is 16.3. The molecule has 4 rings (SSSR count). The molecular formula is C26H29N3O. The molecule has 1 N–H and O–H groups in total. The van der Waals surface area contributed by atoms with Gasteiger partial charge < -0.3 is 14.9 Å². The fourth-order valence-electron chi connectivity index (χ4n) is 4.42. The van der Waals surface area contributed by atoms with E-state index in [-0.39, 0.29) is 24.7 Å². The summed E-state index contributed by atoms with van der Waals surface area (Å²) in [6.45, 7) is 0.0199. The maximum absolute atomic E-state index is 10.0. The monoisotopic (exact) mass is 399 g/mol. The number of hydrogen-bond donors (Lipinski definition) is 1. The number of nitrogens with zero attached hydrogens (tertiary/aromatic N) is 3. The molecule has 3 aromatic rings. The first-order valence-corrected chi connectivity index (χ1v) is 10.5. The summed E-state index contributed by atoms with van der Waals surface area (Å²) in [6, 6.07) is 31.5. The third-order valence-corrected chi connectivity index (χ3v) is 5.87. The molecule has 1 fully saturated rings. The smallest absolute Gasteiger partial charge is 0.197 e. The summed E-state index contributed by atoms with van der Waals surface area (Å²) in [5, 5.41) is 10.0. The van der Waals surface area contributed by atoms with Crippen LogP contribution in [0.1, 0.15) is 28.8 Å². The maximum Gasteiger partial charge on any atom is 0.197 e. The molecule has 0 amide bonds. The van der Waals surface area contributed by atoms with E-state index in [2.05, 4.69) is 96.7 Å². The van der Waals surface area contributed by atoms with Crippen LogP contribution in [0.2, 0.25) is 0 Å². The van der Waals surface area contributed by atoms with Crippen molar-refractivity contribution in [3.63, 3.8) is 0 Å². The molecule has 3 atom stereocenters. The number of benzene rings is 3.